The van der Waals surface area contributed by atoms with Crippen LogP contribution < -0.4 is 16.0 Å². The van der Waals surface area contributed by atoms with E-state index in [1.807, 2.05) is 0 Å². The third-order valence-corrected chi connectivity index (χ3v) is 6.91. The summed E-state index contributed by atoms with van der Waals surface area (Å²) in [6.45, 7) is 7.34. The van der Waals surface area contributed by atoms with Crippen LogP contribution in [0.4, 0.5) is 10.2 Å². The molecule has 1 aromatic rings. The quantitative estimate of drug-likeness (QED) is 0.497. The highest BCUT2D eigenvalue weighted by molar-refractivity contribution is 6.44. The van der Waals surface area contributed by atoms with Crippen LogP contribution in [0.2, 0.25) is 0 Å². The Bertz CT molecular complexity index is 955. The van der Waals surface area contributed by atoms with Crippen molar-refractivity contribution in [1.82, 2.24) is 20.4 Å². The van der Waals surface area contributed by atoms with Gasteiger partial charge in [-0.3, -0.25) is 23.9 Å². The van der Waals surface area contributed by atoms with Crippen molar-refractivity contribution in [3.8, 4) is 0 Å². The lowest BCUT2D eigenvalue weighted by Gasteiger charge is -2.43. The number of aryl methyl sites for hydroxylation is 1. The smallest absolute Gasteiger partial charge is 0.295 e. The van der Waals surface area contributed by atoms with Crippen LogP contribution >= 0.6 is 0 Å². The van der Waals surface area contributed by atoms with Gasteiger partial charge < -0.3 is 16.0 Å². The highest BCUT2D eigenvalue weighted by Crippen LogP contribution is 2.42. The van der Waals surface area contributed by atoms with Crippen molar-refractivity contribution in [1.29, 1.82) is 0 Å². The minimum atomic E-state index is -1.64. The summed E-state index contributed by atoms with van der Waals surface area (Å²) < 4.78 is 15.4. The van der Waals surface area contributed by atoms with Crippen molar-refractivity contribution in [2.75, 3.05) is 5.32 Å². The van der Waals surface area contributed by atoms with Gasteiger partial charge in [0.25, 0.3) is 5.91 Å². The summed E-state index contributed by atoms with van der Waals surface area (Å²) in [5.74, 6) is -2.57. The highest BCUT2D eigenvalue weighted by atomic mass is 19.1. The molecular weight excluding hydrogens is 441 g/mol. The number of nitrogens with zero attached hydrogens (tertiary/aromatic N) is 2. The van der Waals surface area contributed by atoms with Crippen LogP contribution in [0.1, 0.15) is 72.6 Å². The van der Waals surface area contributed by atoms with Crippen LogP contribution in [0.25, 0.3) is 0 Å². The summed E-state index contributed by atoms with van der Waals surface area (Å²) in [5.41, 5.74) is -2.48. The van der Waals surface area contributed by atoms with Gasteiger partial charge in [0.2, 0.25) is 17.6 Å². The molecule has 2 aliphatic rings. The second-order valence-electron chi connectivity index (χ2n) is 11.2. The van der Waals surface area contributed by atoms with Gasteiger partial charge in [-0.05, 0) is 24.7 Å². The zero-order valence-corrected chi connectivity index (χ0v) is 20.7. The second-order valence-corrected chi connectivity index (χ2v) is 11.2. The predicted molar refractivity (Wildman–Crippen MR) is 124 cm³/mol. The average molecular weight is 478 g/mol. The highest BCUT2D eigenvalue weighted by Gasteiger charge is 2.54. The van der Waals surface area contributed by atoms with Gasteiger partial charge in [-0.15, -0.1) is 0 Å². The number of carbonyl (C=O) groups excluding carboxylic acids is 4. The van der Waals surface area contributed by atoms with Gasteiger partial charge in [-0.2, -0.15) is 5.10 Å². The Morgan fingerprint density at radius 3 is 2.32 bits per heavy atom. The molecule has 0 radical (unpaired) electrons. The molecule has 1 atom stereocenters. The molecule has 3 rings (SSSR count). The molecule has 3 N–H and O–H groups in total. The minimum Gasteiger partial charge on any atom is -0.344 e. The van der Waals surface area contributed by atoms with E-state index in [1.165, 1.54) is 10.7 Å². The lowest BCUT2D eigenvalue weighted by Crippen LogP contribution is -2.68. The fourth-order valence-corrected chi connectivity index (χ4v) is 4.75. The third kappa shape index (κ3) is 5.82. The molecule has 0 bridgehead atoms. The summed E-state index contributed by atoms with van der Waals surface area (Å²) in [6, 6.07) is 0.632. The molecule has 1 heterocycles. The number of alkyl halides is 1. The Balaban J connectivity index is 1.77. The maximum Gasteiger partial charge on any atom is 0.295 e. The Morgan fingerprint density at radius 1 is 1.21 bits per heavy atom. The van der Waals surface area contributed by atoms with E-state index in [0.29, 0.717) is 6.42 Å². The first-order chi connectivity index (χ1) is 15.7. The first-order valence-corrected chi connectivity index (χ1v) is 11.9. The maximum atomic E-state index is 14.0. The molecule has 3 amide bonds. The molecule has 9 nitrogen and oxygen atoms in total. The third-order valence-electron chi connectivity index (χ3n) is 6.91. The van der Waals surface area contributed by atoms with Crippen molar-refractivity contribution in [2.45, 2.75) is 90.4 Å². The maximum absolute atomic E-state index is 14.0. The normalized spacial score (nSPS) is 24.6. The number of hydrogen-bond donors (Lipinski definition) is 3. The Labute approximate surface area is 199 Å². The van der Waals surface area contributed by atoms with Gasteiger partial charge in [0.1, 0.15) is 17.8 Å². The summed E-state index contributed by atoms with van der Waals surface area (Å²) in [6.07, 6.45) is 4.11. The molecular formula is C24H36FN5O4. The Kier molecular flexibility index (Phi) is 7.19. The van der Waals surface area contributed by atoms with E-state index in [4.69, 9.17) is 0 Å². The van der Waals surface area contributed by atoms with Crippen LogP contribution in [0, 0.1) is 10.8 Å². The van der Waals surface area contributed by atoms with E-state index in [0.717, 1.165) is 25.7 Å². The van der Waals surface area contributed by atoms with Crippen LogP contribution in [0.3, 0.4) is 0 Å². The molecule has 0 aromatic carbocycles. The van der Waals surface area contributed by atoms with Crippen molar-refractivity contribution in [3.05, 3.63) is 12.3 Å². The largest absolute Gasteiger partial charge is 0.344 e. The van der Waals surface area contributed by atoms with E-state index in [9.17, 15) is 23.6 Å². The number of nitrogens with one attached hydrogen (secondary N) is 3. The van der Waals surface area contributed by atoms with E-state index in [2.05, 4.69) is 28.0 Å². The fourth-order valence-electron chi connectivity index (χ4n) is 4.75. The molecule has 10 heteroatoms. The molecule has 2 aliphatic carbocycles. The van der Waals surface area contributed by atoms with E-state index >= 15 is 0 Å². The van der Waals surface area contributed by atoms with Crippen molar-refractivity contribution < 1.29 is 23.6 Å². The summed E-state index contributed by atoms with van der Waals surface area (Å²) in [7, 11) is 1.66. The zero-order chi connectivity index (χ0) is 25.3. The summed E-state index contributed by atoms with van der Waals surface area (Å²) >= 11 is 0. The molecule has 0 unspecified atom stereocenters. The molecule has 34 heavy (non-hydrogen) atoms. The molecule has 2 saturated carbocycles. The van der Waals surface area contributed by atoms with Gasteiger partial charge in [0, 0.05) is 37.6 Å². The standard InChI is InChI=1S/C24H36FN5O4/c1-22(2,3)21(34)26-16(14-23(4)9-6-7-10-23)19(32)28-24(12-15(25)13-24)18(31)20(33)27-17-8-11-30(5)29-17/h8,11,15-16H,6-7,9-10,12-14H2,1-5H3,(H,26,34)(H,28,32)(H,27,29,33)/t15?,16-,24?/m0/s1. The molecule has 1 aromatic heterocycles. The van der Waals surface area contributed by atoms with E-state index in [1.54, 1.807) is 34.0 Å². The summed E-state index contributed by atoms with van der Waals surface area (Å²) in [5, 5.41) is 11.9. The predicted octanol–water partition coefficient (Wildman–Crippen LogP) is 2.42. The topological polar surface area (TPSA) is 122 Å². The van der Waals surface area contributed by atoms with Crippen molar-refractivity contribution in [3.63, 3.8) is 0 Å². The number of aromatic nitrogens is 2. The SMILES string of the molecule is Cn1ccc(NC(=O)C(=O)C2(NC(=O)[C@H](CC3(C)CCCC3)NC(=O)C(C)(C)C)CC(F)C2)n1. The van der Waals surface area contributed by atoms with Gasteiger partial charge in [-0.1, -0.05) is 40.5 Å². The van der Waals surface area contributed by atoms with E-state index < -0.39 is 40.8 Å². The molecule has 0 aliphatic heterocycles. The number of rotatable bonds is 8. The lowest BCUT2D eigenvalue weighted by molar-refractivity contribution is -0.147. The first-order valence-electron chi connectivity index (χ1n) is 11.9. The number of Topliss-reactive ketones (excluding diaryl/α,β-unsaturated/α-hetero) is 1. The lowest BCUT2D eigenvalue weighted by atomic mass is 9.71. The molecule has 2 fully saturated rings. The number of halogens is 1. The molecule has 0 spiro atoms. The number of ketones is 1. The van der Waals surface area contributed by atoms with Gasteiger partial charge >= 0.3 is 0 Å². The van der Waals surface area contributed by atoms with E-state index in [-0.39, 0.29) is 30.0 Å². The van der Waals surface area contributed by atoms with Crippen LogP contribution in [-0.4, -0.2) is 51.0 Å². The number of amides is 3. The molecule has 188 valence electrons. The fraction of sp³-hybridized carbons (Fsp3) is 0.708. The Hall–Kier alpha value is -2.78. The van der Waals surface area contributed by atoms with Crippen LogP contribution in [0.15, 0.2) is 12.3 Å². The number of carbonyl (C=O) groups is 4. The van der Waals surface area contributed by atoms with Crippen molar-refractivity contribution >= 4 is 29.3 Å². The number of hydrogen-bond acceptors (Lipinski definition) is 5. The minimum absolute atomic E-state index is 0.122. The average Bonchev–Trinajstić information content (AvgIpc) is 3.32. The second kappa shape index (κ2) is 9.46. The van der Waals surface area contributed by atoms with Crippen LogP contribution in [0.5, 0.6) is 0 Å². The van der Waals surface area contributed by atoms with Gasteiger partial charge in [-0.25, -0.2) is 4.39 Å². The van der Waals surface area contributed by atoms with Crippen LogP contribution in [-0.2, 0) is 26.2 Å². The number of anilines is 1. The van der Waals surface area contributed by atoms with Gasteiger partial charge in [0.05, 0.1) is 0 Å². The zero-order valence-electron chi connectivity index (χ0n) is 20.7. The summed E-state index contributed by atoms with van der Waals surface area (Å²) in [4.78, 5) is 51.7. The van der Waals surface area contributed by atoms with Gasteiger partial charge in [0.15, 0.2) is 5.82 Å². The molecule has 0 saturated heterocycles. The monoisotopic (exact) mass is 477 g/mol. The van der Waals surface area contributed by atoms with Crippen molar-refractivity contribution in [2.24, 2.45) is 17.9 Å². The first kappa shape index (κ1) is 25.8. The Morgan fingerprint density at radius 2 is 1.82 bits per heavy atom.